The fourth-order valence-electron chi connectivity index (χ4n) is 4.05. The summed E-state index contributed by atoms with van der Waals surface area (Å²) in [5.74, 6) is 0.0714. The van der Waals surface area contributed by atoms with Gasteiger partial charge in [-0.25, -0.2) is 0 Å². The summed E-state index contributed by atoms with van der Waals surface area (Å²) in [6.07, 6.45) is 0. The number of carbonyl (C=O) groups is 2. The van der Waals surface area contributed by atoms with Crippen LogP contribution in [-0.4, -0.2) is 58.6 Å². The summed E-state index contributed by atoms with van der Waals surface area (Å²) >= 11 is 0. The van der Waals surface area contributed by atoms with Crippen molar-refractivity contribution in [3.8, 4) is 0 Å². The Morgan fingerprint density at radius 2 is 1.70 bits per heavy atom. The maximum atomic E-state index is 13.0. The van der Waals surface area contributed by atoms with Crippen LogP contribution >= 0.6 is 0 Å². The fourth-order valence-corrected chi connectivity index (χ4v) is 4.05. The number of hydrogen-bond donors (Lipinski definition) is 1. The van der Waals surface area contributed by atoms with Crippen molar-refractivity contribution in [1.29, 1.82) is 0 Å². The summed E-state index contributed by atoms with van der Waals surface area (Å²) in [7, 11) is 0. The lowest BCUT2D eigenvalue weighted by Crippen LogP contribution is -2.51. The van der Waals surface area contributed by atoms with Gasteiger partial charge in [-0.15, -0.1) is 0 Å². The van der Waals surface area contributed by atoms with Crippen molar-refractivity contribution in [2.45, 2.75) is 40.3 Å². The van der Waals surface area contributed by atoms with Gasteiger partial charge in [-0.1, -0.05) is 30.3 Å². The molecule has 1 unspecified atom stereocenters. The molecule has 1 atom stereocenters. The maximum Gasteiger partial charge on any atom is 0.196 e. The van der Waals surface area contributed by atoms with E-state index in [4.69, 9.17) is 0 Å². The van der Waals surface area contributed by atoms with Crippen LogP contribution in [0.4, 0.5) is 0 Å². The van der Waals surface area contributed by atoms with Gasteiger partial charge >= 0.3 is 0 Å². The van der Waals surface area contributed by atoms with Crippen LogP contribution in [0.5, 0.6) is 0 Å². The SMILES string of the molecule is CC(=O)c1c(C)[nH]c(C(=O)C(C)N2CCN(Cc3ccccc3)CC2)c1C. The molecule has 1 aliphatic rings. The van der Waals surface area contributed by atoms with E-state index in [9.17, 15) is 9.59 Å². The highest BCUT2D eigenvalue weighted by Crippen LogP contribution is 2.21. The summed E-state index contributed by atoms with van der Waals surface area (Å²) in [5, 5.41) is 0. The van der Waals surface area contributed by atoms with Gasteiger partial charge in [0.2, 0.25) is 0 Å². The Bertz CT molecular complexity index is 818. The molecule has 2 heterocycles. The van der Waals surface area contributed by atoms with Crippen molar-refractivity contribution in [3.05, 3.63) is 58.4 Å². The topological polar surface area (TPSA) is 56.4 Å². The number of nitrogens with one attached hydrogen (secondary N) is 1. The minimum atomic E-state index is -0.194. The number of rotatable bonds is 6. The number of aryl methyl sites for hydroxylation is 1. The number of Topliss-reactive ketones (excluding diaryl/α,β-unsaturated/α-hetero) is 2. The van der Waals surface area contributed by atoms with Gasteiger partial charge in [-0.3, -0.25) is 19.4 Å². The first-order valence-electron chi connectivity index (χ1n) is 9.63. The molecule has 5 heteroatoms. The van der Waals surface area contributed by atoms with Crippen molar-refractivity contribution in [3.63, 3.8) is 0 Å². The third kappa shape index (κ3) is 4.20. The van der Waals surface area contributed by atoms with E-state index in [-0.39, 0.29) is 17.6 Å². The summed E-state index contributed by atoms with van der Waals surface area (Å²) in [6.45, 7) is 11.8. The quantitative estimate of drug-likeness (QED) is 0.797. The van der Waals surface area contributed by atoms with E-state index in [1.165, 1.54) is 5.56 Å². The highest BCUT2D eigenvalue weighted by Gasteiger charge is 2.29. The third-order valence-corrected chi connectivity index (χ3v) is 5.62. The van der Waals surface area contributed by atoms with E-state index < -0.39 is 0 Å². The van der Waals surface area contributed by atoms with Gasteiger partial charge in [0.1, 0.15) is 0 Å². The van der Waals surface area contributed by atoms with E-state index in [0.717, 1.165) is 44.0 Å². The van der Waals surface area contributed by atoms with Crippen molar-refractivity contribution in [2.75, 3.05) is 26.2 Å². The minimum absolute atomic E-state index is 0.00230. The lowest BCUT2D eigenvalue weighted by molar-refractivity contribution is 0.0683. The van der Waals surface area contributed by atoms with E-state index in [0.29, 0.717) is 11.3 Å². The number of carbonyl (C=O) groups excluding carboxylic acids is 2. The number of hydrogen-bond acceptors (Lipinski definition) is 4. The number of aromatic amines is 1. The lowest BCUT2D eigenvalue weighted by Gasteiger charge is -2.37. The highest BCUT2D eigenvalue weighted by atomic mass is 16.1. The molecule has 0 saturated carbocycles. The molecule has 1 saturated heterocycles. The molecule has 5 nitrogen and oxygen atoms in total. The Hall–Kier alpha value is -2.24. The zero-order valence-corrected chi connectivity index (χ0v) is 16.7. The molecule has 1 aromatic carbocycles. The van der Waals surface area contributed by atoms with Crippen LogP contribution in [0, 0.1) is 13.8 Å². The summed E-state index contributed by atoms with van der Waals surface area (Å²) in [6, 6.07) is 10.3. The minimum Gasteiger partial charge on any atom is -0.355 e. The molecule has 0 spiro atoms. The number of H-pyrrole nitrogens is 1. The Labute approximate surface area is 161 Å². The zero-order valence-electron chi connectivity index (χ0n) is 16.7. The molecule has 1 N–H and O–H groups in total. The first kappa shape index (κ1) is 19.5. The molecular weight excluding hydrogens is 338 g/mol. The van der Waals surface area contributed by atoms with Gasteiger partial charge in [0, 0.05) is 44.0 Å². The Morgan fingerprint density at radius 3 is 2.26 bits per heavy atom. The van der Waals surface area contributed by atoms with Crippen LogP contribution < -0.4 is 0 Å². The second kappa shape index (κ2) is 8.19. The zero-order chi connectivity index (χ0) is 19.6. The van der Waals surface area contributed by atoms with Gasteiger partial charge in [-0.05, 0) is 38.8 Å². The lowest BCUT2D eigenvalue weighted by atomic mass is 10.0. The van der Waals surface area contributed by atoms with Crippen LogP contribution in [0.15, 0.2) is 30.3 Å². The maximum absolute atomic E-state index is 13.0. The Kier molecular flexibility index (Phi) is 5.92. The average molecular weight is 367 g/mol. The molecule has 0 bridgehead atoms. The molecular formula is C22H29N3O2. The molecule has 144 valence electrons. The van der Waals surface area contributed by atoms with Crippen molar-refractivity contribution >= 4 is 11.6 Å². The molecule has 1 fully saturated rings. The number of piperazine rings is 1. The van der Waals surface area contributed by atoms with Gasteiger partial charge in [0.15, 0.2) is 11.6 Å². The number of ketones is 2. The van der Waals surface area contributed by atoms with E-state index in [2.05, 4.69) is 39.0 Å². The summed E-state index contributed by atoms with van der Waals surface area (Å²) in [5.41, 5.74) is 4.11. The van der Waals surface area contributed by atoms with Crippen LogP contribution in [0.2, 0.25) is 0 Å². The van der Waals surface area contributed by atoms with E-state index >= 15 is 0 Å². The van der Waals surface area contributed by atoms with Gasteiger partial charge in [-0.2, -0.15) is 0 Å². The van der Waals surface area contributed by atoms with Crippen molar-refractivity contribution < 1.29 is 9.59 Å². The van der Waals surface area contributed by atoms with Crippen molar-refractivity contribution in [2.24, 2.45) is 0 Å². The summed E-state index contributed by atoms with van der Waals surface area (Å²) in [4.78, 5) is 32.7. The predicted molar refractivity (Wildman–Crippen MR) is 107 cm³/mol. The second-order valence-electron chi connectivity index (χ2n) is 7.52. The molecule has 1 aromatic heterocycles. The monoisotopic (exact) mass is 367 g/mol. The number of benzene rings is 1. The van der Waals surface area contributed by atoms with Gasteiger partial charge in [0.25, 0.3) is 0 Å². The molecule has 0 amide bonds. The highest BCUT2D eigenvalue weighted by molar-refractivity contribution is 6.05. The molecule has 0 aliphatic carbocycles. The van der Waals surface area contributed by atoms with Crippen LogP contribution in [-0.2, 0) is 6.54 Å². The van der Waals surface area contributed by atoms with Gasteiger partial charge < -0.3 is 4.98 Å². The molecule has 1 aliphatic heterocycles. The second-order valence-corrected chi connectivity index (χ2v) is 7.52. The first-order valence-corrected chi connectivity index (χ1v) is 9.63. The predicted octanol–water partition coefficient (Wildman–Crippen LogP) is 3.22. The van der Waals surface area contributed by atoms with E-state index in [1.807, 2.05) is 26.8 Å². The van der Waals surface area contributed by atoms with Gasteiger partial charge in [0.05, 0.1) is 11.7 Å². The smallest absolute Gasteiger partial charge is 0.196 e. The Morgan fingerprint density at radius 1 is 1.07 bits per heavy atom. The largest absolute Gasteiger partial charge is 0.355 e. The third-order valence-electron chi connectivity index (χ3n) is 5.62. The summed E-state index contributed by atoms with van der Waals surface area (Å²) < 4.78 is 0. The van der Waals surface area contributed by atoms with E-state index in [1.54, 1.807) is 6.92 Å². The first-order chi connectivity index (χ1) is 12.9. The van der Waals surface area contributed by atoms with Crippen LogP contribution in [0.25, 0.3) is 0 Å². The van der Waals surface area contributed by atoms with Crippen LogP contribution in [0.1, 0.15) is 51.5 Å². The van der Waals surface area contributed by atoms with Crippen LogP contribution in [0.3, 0.4) is 0 Å². The molecule has 2 aromatic rings. The number of aromatic nitrogens is 1. The van der Waals surface area contributed by atoms with Crippen molar-refractivity contribution in [1.82, 2.24) is 14.8 Å². The molecule has 0 radical (unpaired) electrons. The molecule has 27 heavy (non-hydrogen) atoms. The number of nitrogens with zero attached hydrogens (tertiary/aromatic N) is 2. The standard InChI is InChI=1S/C22H29N3O2/c1-15-20(18(4)26)16(2)23-21(15)22(27)17(3)25-12-10-24(11-13-25)14-19-8-6-5-7-9-19/h5-9,17,23H,10-14H2,1-4H3. The fraction of sp³-hybridized carbons (Fsp3) is 0.455. The normalized spacial score (nSPS) is 17.0. The average Bonchev–Trinajstić information content (AvgIpc) is 2.96. The molecule has 3 rings (SSSR count). The Balaban J connectivity index is 1.62.